The minimum Gasteiger partial charge on any atom is -0.323 e. The van der Waals surface area contributed by atoms with Gasteiger partial charge >= 0.3 is 0 Å². The molecule has 2 aromatic rings. The number of benzene rings is 2. The highest BCUT2D eigenvalue weighted by Gasteiger charge is 2.25. The van der Waals surface area contributed by atoms with Crippen LogP contribution in [0.2, 0.25) is 10.0 Å². The van der Waals surface area contributed by atoms with Gasteiger partial charge in [-0.3, -0.25) is 9.69 Å². The Bertz CT molecular complexity index is 723. The molecule has 0 aliphatic carbocycles. The van der Waals surface area contributed by atoms with E-state index in [1.807, 2.05) is 0 Å². The summed E-state index contributed by atoms with van der Waals surface area (Å²) in [5.74, 6) is -0.328. The molecule has 25 heavy (non-hydrogen) atoms. The number of carbonyl (C=O) groups is 1. The van der Waals surface area contributed by atoms with E-state index in [4.69, 9.17) is 23.2 Å². The molecule has 1 aliphatic rings. The second kappa shape index (κ2) is 8.17. The van der Waals surface area contributed by atoms with Gasteiger partial charge in [0.25, 0.3) is 0 Å². The van der Waals surface area contributed by atoms with E-state index in [1.54, 1.807) is 30.3 Å². The fourth-order valence-electron chi connectivity index (χ4n) is 3.04. The quantitative estimate of drug-likeness (QED) is 0.810. The number of amides is 1. The van der Waals surface area contributed by atoms with Gasteiger partial charge in [0.15, 0.2) is 0 Å². The van der Waals surface area contributed by atoms with Gasteiger partial charge in [0.2, 0.25) is 5.91 Å². The van der Waals surface area contributed by atoms with Crippen LogP contribution in [-0.4, -0.2) is 23.9 Å². The molecule has 1 saturated heterocycles. The second-order valence-electron chi connectivity index (χ2n) is 6.26. The van der Waals surface area contributed by atoms with Crippen LogP contribution in [0, 0.1) is 11.7 Å². The third kappa shape index (κ3) is 4.72. The number of nitrogens with zero attached hydrogens (tertiary/aromatic N) is 1. The van der Waals surface area contributed by atoms with Gasteiger partial charge in [-0.25, -0.2) is 4.39 Å². The van der Waals surface area contributed by atoms with Crippen molar-refractivity contribution < 1.29 is 9.18 Å². The summed E-state index contributed by atoms with van der Waals surface area (Å²) in [5.41, 5.74) is 1.55. The Kier molecular flexibility index (Phi) is 5.94. The summed E-state index contributed by atoms with van der Waals surface area (Å²) in [6, 6.07) is 11.7. The van der Waals surface area contributed by atoms with Crippen LogP contribution in [0.3, 0.4) is 0 Å². The number of nitrogens with one attached hydrogen (secondary N) is 1. The molecule has 132 valence electrons. The monoisotopic (exact) mass is 380 g/mol. The molecule has 0 bridgehead atoms. The van der Waals surface area contributed by atoms with Gasteiger partial charge in [-0.15, -0.1) is 0 Å². The Morgan fingerprint density at radius 1 is 1.08 bits per heavy atom. The zero-order valence-corrected chi connectivity index (χ0v) is 15.2. The Morgan fingerprint density at radius 3 is 2.28 bits per heavy atom. The maximum absolute atomic E-state index is 13.0. The summed E-state index contributed by atoms with van der Waals surface area (Å²) in [6.45, 7) is 2.42. The van der Waals surface area contributed by atoms with Crippen molar-refractivity contribution in [3.63, 3.8) is 0 Å². The molecular formula is C19H19Cl2FN2O. The first-order valence-electron chi connectivity index (χ1n) is 8.24. The molecule has 0 atom stereocenters. The van der Waals surface area contributed by atoms with Gasteiger partial charge in [0.1, 0.15) is 5.82 Å². The number of halogens is 3. The number of anilines is 1. The molecule has 2 aromatic carbocycles. The maximum Gasteiger partial charge on any atom is 0.227 e. The van der Waals surface area contributed by atoms with Crippen molar-refractivity contribution in [1.29, 1.82) is 0 Å². The first-order valence-corrected chi connectivity index (χ1v) is 9.00. The van der Waals surface area contributed by atoms with E-state index in [2.05, 4.69) is 10.2 Å². The summed E-state index contributed by atoms with van der Waals surface area (Å²) >= 11 is 12.2. The molecule has 0 aromatic heterocycles. The number of likely N-dealkylation sites (tertiary alicyclic amines) is 1. The highest BCUT2D eigenvalue weighted by atomic mass is 35.5. The Labute approximate surface area is 156 Å². The summed E-state index contributed by atoms with van der Waals surface area (Å²) in [5, 5.41) is 3.73. The van der Waals surface area contributed by atoms with Crippen LogP contribution in [0.25, 0.3) is 0 Å². The fourth-order valence-corrected chi connectivity index (χ4v) is 3.54. The Balaban J connectivity index is 1.53. The largest absolute Gasteiger partial charge is 0.323 e. The fraction of sp³-hybridized carbons (Fsp3) is 0.316. The van der Waals surface area contributed by atoms with Crippen molar-refractivity contribution in [2.75, 3.05) is 18.4 Å². The molecule has 1 heterocycles. The van der Waals surface area contributed by atoms with Crippen LogP contribution in [0.15, 0.2) is 42.5 Å². The summed E-state index contributed by atoms with van der Waals surface area (Å²) in [6.07, 6.45) is 1.55. The molecule has 0 spiro atoms. The molecule has 1 amide bonds. The number of piperidine rings is 1. The lowest BCUT2D eigenvalue weighted by atomic mass is 9.95. The van der Waals surface area contributed by atoms with Crippen LogP contribution in [0.4, 0.5) is 10.1 Å². The Hall–Kier alpha value is -1.62. The van der Waals surface area contributed by atoms with Gasteiger partial charge in [0, 0.05) is 12.5 Å². The van der Waals surface area contributed by atoms with E-state index in [-0.39, 0.29) is 17.6 Å². The van der Waals surface area contributed by atoms with Crippen LogP contribution >= 0.6 is 23.2 Å². The van der Waals surface area contributed by atoms with E-state index >= 15 is 0 Å². The molecule has 3 nitrogen and oxygen atoms in total. The van der Waals surface area contributed by atoms with Gasteiger partial charge in [0.05, 0.1) is 15.7 Å². The van der Waals surface area contributed by atoms with Crippen LogP contribution in [0.5, 0.6) is 0 Å². The maximum atomic E-state index is 13.0. The SMILES string of the molecule is O=C(Nc1c(Cl)cccc1Cl)C1CCN(Cc2ccc(F)cc2)CC1. The number of rotatable bonds is 4. The van der Waals surface area contributed by atoms with E-state index < -0.39 is 0 Å². The zero-order valence-electron chi connectivity index (χ0n) is 13.6. The lowest BCUT2D eigenvalue weighted by molar-refractivity contribution is -0.121. The smallest absolute Gasteiger partial charge is 0.227 e. The predicted molar refractivity (Wildman–Crippen MR) is 99.5 cm³/mol. The molecular weight excluding hydrogens is 362 g/mol. The first-order chi connectivity index (χ1) is 12.0. The molecule has 6 heteroatoms. The van der Waals surface area contributed by atoms with Crippen molar-refractivity contribution in [3.05, 3.63) is 63.9 Å². The predicted octanol–water partition coefficient (Wildman–Crippen LogP) is 4.98. The summed E-state index contributed by atoms with van der Waals surface area (Å²) in [7, 11) is 0. The standard InChI is InChI=1S/C19H19Cl2FN2O/c20-16-2-1-3-17(21)18(16)23-19(25)14-8-10-24(11-9-14)12-13-4-6-15(22)7-5-13/h1-7,14H,8-12H2,(H,23,25). The number of hydrogen-bond acceptors (Lipinski definition) is 2. The molecule has 0 radical (unpaired) electrons. The lowest BCUT2D eigenvalue weighted by Crippen LogP contribution is -2.37. The third-order valence-corrected chi connectivity index (χ3v) is 5.12. The topological polar surface area (TPSA) is 32.3 Å². The van der Waals surface area contributed by atoms with E-state index in [0.29, 0.717) is 15.7 Å². The molecule has 1 N–H and O–H groups in total. The molecule has 0 saturated carbocycles. The van der Waals surface area contributed by atoms with E-state index in [0.717, 1.165) is 38.0 Å². The highest BCUT2D eigenvalue weighted by molar-refractivity contribution is 6.39. The van der Waals surface area contributed by atoms with Crippen LogP contribution < -0.4 is 5.32 Å². The highest BCUT2D eigenvalue weighted by Crippen LogP contribution is 2.31. The Morgan fingerprint density at radius 2 is 1.68 bits per heavy atom. The van der Waals surface area contributed by atoms with Crippen molar-refractivity contribution in [2.24, 2.45) is 5.92 Å². The van der Waals surface area contributed by atoms with E-state index in [9.17, 15) is 9.18 Å². The van der Waals surface area contributed by atoms with Crippen molar-refractivity contribution in [1.82, 2.24) is 4.90 Å². The minimum absolute atomic E-state index is 0.0450. The van der Waals surface area contributed by atoms with Crippen molar-refractivity contribution >= 4 is 34.8 Å². The van der Waals surface area contributed by atoms with Crippen LogP contribution in [-0.2, 0) is 11.3 Å². The zero-order chi connectivity index (χ0) is 17.8. The lowest BCUT2D eigenvalue weighted by Gasteiger charge is -2.31. The molecule has 0 unspecified atom stereocenters. The first kappa shape index (κ1) is 18.2. The normalized spacial score (nSPS) is 16.0. The average molecular weight is 381 g/mol. The van der Waals surface area contributed by atoms with Gasteiger partial charge < -0.3 is 5.32 Å². The molecule has 3 rings (SSSR count). The summed E-state index contributed by atoms with van der Waals surface area (Å²) in [4.78, 5) is 14.8. The molecule has 1 fully saturated rings. The van der Waals surface area contributed by atoms with Gasteiger partial charge in [-0.05, 0) is 55.8 Å². The van der Waals surface area contributed by atoms with Crippen LogP contribution in [0.1, 0.15) is 18.4 Å². The van der Waals surface area contributed by atoms with Gasteiger partial charge in [-0.2, -0.15) is 0 Å². The van der Waals surface area contributed by atoms with Gasteiger partial charge in [-0.1, -0.05) is 41.4 Å². The second-order valence-corrected chi connectivity index (χ2v) is 7.08. The number of carbonyl (C=O) groups excluding carboxylic acids is 1. The minimum atomic E-state index is -0.225. The number of para-hydroxylation sites is 1. The third-order valence-electron chi connectivity index (χ3n) is 4.49. The van der Waals surface area contributed by atoms with E-state index in [1.165, 1.54) is 12.1 Å². The number of hydrogen-bond donors (Lipinski definition) is 1. The summed E-state index contributed by atoms with van der Waals surface area (Å²) < 4.78 is 13.0. The average Bonchev–Trinajstić information content (AvgIpc) is 2.61. The van der Waals surface area contributed by atoms with Crippen molar-refractivity contribution in [3.8, 4) is 0 Å². The van der Waals surface area contributed by atoms with Crippen molar-refractivity contribution in [2.45, 2.75) is 19.4 Å². The molecule has 1 aliphatic heterocycles.